The van der Waals surface area contributed by atoms with Gasteiger partial charge in [-0.25, -0.2) is 0 Å². The van der Waals surface area contributed by atoms with Gasteiger partial charge in [0.2, 0.25) is 0 Å². The molecular formula is C24H21N3. The van der Waals surface area contributed by atoms with Crippen LogP contribution in [0.15, 0.2) is 91.0 Å². The van der Waals surface area contributed by atoms with Crippen molar-refractivity contribution in [2.45, 2.75) is 0 Å². The van der Waals surface area contributed by atoms with Crippen LogP contribution < -0.4 is 17.2 Å². The lowest BCUT2D eigenvalue weighted by molar-refractivity contribution is 1.56. The Kier molecular flexibility index (Phi) is 4.27. The van der Waals surface area contributed by atoms with Gasteiger partial charge in [0.05, 0.1) is 0 Å². The average molecular weight is 351 g/mol. The van der Waals surface area contributed by atoms with Crippen LogP contribution in [0.2, 0.25) is 0 Å². The summed E-state index contributed by atoms with van der Waals surface area (Å²) in [4.78, 5) is 0. The van der Waals surface area contributed by atoms with Gasteiger partial charge in [0.15, 0.2) is 0 Å². The Labute approximate surface area is 159 Å². The zero-order chi connectivity index (χ0) is 18.8. The van der Waals surface area contributed by atoms with E-state index in [0.717, 1.165) is 50.4 Å². The highest BCUT2D eigenvalue weighted by atomic mass is 14.5. The second-order valence-corrected chi connectivity index (χ2v) is 6.68. The maximum atomic E-state index is 6.00. The van der Waals surface area contributed by atoms with Gasteiger partial charge in [-0.1, -0.05) is 36.4 Å². The molecule has 132 valence electrons. The molecule has 0 saturated carbocycles. The van der Waals surface area contributed by atoms with Crippen molar-refractivity contribution in [1.82, 2.24) is 0 Å². The summed E-state index contributed by atoms with van der Waals surface area (Å²) >= 11 is 0. The number of benzene rings is 4. The standard InChI is InChI=1S/C24H21N3/c25-22-7-1-4-16(13-22)19-10-20(17-5-2-8-23(26)14-17)12-21(11-19)18-6-3-9-24(27)15-18/h1-15H,25-27H2. The van der Waals surface area contributed by atoms with Crippen molar-refractivity contribution in [3.8, 4) is 33.4 Å². The Morgan fingerprint density at radius 1 is 0.333 bits per heavy atom. The molecule has 0 fully saturated rings. The normalized spacial score (nSPS) is 10.7. The highest BCUT2D eigenvalue weighted by molar-refractivity contribution is 5.83. The van der Waals surface area contributed by atoms with E-state index in [9.17, 15) is 0 Å². The van der Waals surface area contributed by atoms with Crippen molar-refractivity contribution in [3.63, 3.8) is 0 Å². The van der Waals surface area contributed by atoms with Gasteiger partial charge in [0.25, 0.3) is 0 Å². The number of nitrogen functional groups attached to an aromatic ring is 3. The van der Waals surface area contributed by atoms with Gasteiger partial charge in [-0.15, -0.1) is 0 Å². The first-order valence-corrected chi connectivity index (χ1v) is 8.81. The molecular weight excluding hydrogens is 330 g/mol. The van der Waals surface area contributed by atoms with E-state index in [1.807, 2.05) is 54.6 Å². The third kappa shape index (κ3) is 3.62. The molecule has 0 aromatic heterocycles. The monoisotopic (exact) mass is 351 g/mol. The van der Waals surface area contributed by atoms with Crippen LogP contribution in [0, 0.1) is 0 Å². The quantitative estimate of drug-likeness (QED) is 0.430. The highest BCUT2D eigenvalue weighted by Gasteiger charge is 2.08. The molecule has 0 saturated heterocycles. The lowest BCUT2D eigenvalue weighted by Gasteiger charge is -2.12. The van der Waals surface area contributed by atoms with Gasteiger partial charge in [0, 0.05) is 17.1 Å². The molecule has 0 spiro atoms. The Hall–Kier alpha value is -3.72. The summed E-state index contributed by atoms with van der Waals surface area (Å²) < 4.78 is 0. The van der Waals surface area contributed by atoms with E-state index in [0.29, 0.717) is 0 Å². The van der Waals surface area contributed by atoms with Crippen molar-refractivity contribution in [3.05, 3.63) is 91.0 Å². The average Bonchev–Trinajstić information content (AvgIpc) is 2.68. The topological polar surface area (TPSA) is 78.1 Å². The van der Waals surface area contributed by atoms with E-state index >= 15 is 0 Å². The molecule has 4 aromatic carbocycles. The molecule has 3 nitrogen and oxygen atoms in total. The number of hydrogen-bond acceptors (Lipinski definition) is 3. The van der Waals surface area contributed by atoms with Crippen molar-refractivity contribution in [1.29, 1.82) is 0 Å². The molecule has 3 heteroatoms. The van der Waals surface area contributed by atoms with E-state index in [2.05, 4.69) is 36.4 Å². The lowest BCUT2D eigenvalue weighted by Crippen LogP contribution is -1.90. The Morgan fingerprint density at radius 3 is 0.889 bits per heavy atom. The van der Waals surface area contributed by atoms with E-state index in [4.69, 9.17) is 17.2 Å². The van der Waals surface area contributed by atoms with Gasteiger partial charge in [0.1, 0.15) is 0 Å². The first kappa shape index (κ1) is 16.7. The van der Waals surface area contributed by atoms with E-state index in [-0.39, 0.29) is 0 Å². The number of hydrogen-bond donors (Lipinski definition) is 3. The van der Waals surface area contributed by atoms with Gasteiger partial charge in [-0.3, -0.25) is 0 Å². The molecule has 0 aliphatic carbocycles. The largest absolute Gasteiger partial charge is 0.399 e. The van der Waals surface area contributed by atoms with Crippen LogP contribution in [-0.2, 0) is 0 Å². The van der Waals surface area contributed by atoms with Crippen molar-refractivity contribution in [2.75, 3.05) is 17.2 Å². The van der Waals surface area contributed by atoms with E-state index in [1.54, 1.807) is 0 Å². The van der Waals surface area contributed by atoms with Crippen LogP contribution in [0.5, 0.6) is 0 Å². The first-order chi connectivity index (χ1) is 13.1. The van der Waals surface area contributed by atoms with Crippen LogP contribution in [0.4, 0.5) is 17.1 Å². The van der Waals surface area contributed by atoms with Crippen LogP contribution in [0.1, 0.15) is 0 Å². The zero-order valence-corrected chi connectivity index (χ0v) is 14.9. The number of anilines is 3. The van der Waals surface area contributed by atoms with Gasteiger partial charge in [-0.2, -0.15) is 0 Å². The minimum Gasteiger partial charge on any atom is -0.399 e. The molecule has 27 heavy (non-hydrogen) atoms. The van der Waals surface area contributed by atoms with Crippen LogP contribution in [-0.4, -0.2) is 0 Å². The maximum absolute atomic E-state index is 6.00. The molecule has 0 radical (unpaired) electrons. The summed E-state index contributed by atoms with van der Waals surface area (Å²) in [5.41, 5.74) is 26.7. The summed E-state index contributed by atoms with van der Waals surface area (Å²) in [6.45, 7) is 0. The van der Waals surface area contributed by atoms with Gasteiger partial charge in [-0.05, 0) is 88.0 Å². The summed E-state index contributed by atoms with van der Waals surface area (Å²) in [6.07, 6.45) is 0. The van der Waals surface area contributed by atoms with Crippen molar-refractivity contribution < 1.29 is 0 Å². The second kappa shape index (κ2) is 6.89. The van der Waals surface area contributed by atoms with Crippen LogP contribution in [0.3, 0.4) is 0 Å². The smallest absolute Gasteiger partial charge is 0.0320 e. The fourth-order valence-electron chi connectivity index (χ4n) is 3.28. The predicted molar refractivity (Wildman–Crippen MR) is 116 cm³/mol. The molecule has 0 atom stereocenters. The zero-order valence-electron chi connectivity index (χ0n) is 14.9. The van der Waals surface area contributed by atoms with Gasteiger partial charge < -0.3 is 17.2 Å². The minimum absolute atomic E-state index is 0.743. The number of rotatable bonds is 3. The summed E-state index contributed by atoms with van der Waals surface area (Å²) in [6, 6.07) is 30.3. The Morgan fingerprint density at radius 2 is 0.630 bits per heavy atom. The minimum atomic E-state index is 0.743. The molecule has 0 unspecified atom stereocenters. The molecule has 0 amide bonds. The van der Waals surface area contributed by atoms with E-state index < -0.39 is 0 Å². The molecule has 0 bridgehead atoms. The first-order valence-electron chi connectivity index (χ1n) is 8.81. The maximum Gasteiger partial charge on any atom is 0.0320 e. The van der Waals surface area contributed by atoms with E-state index in [1.165, 1.54) is 0 Å². The summed E-state index contributed by atoms with van der Waals surface area (Å²) in [5, 5.41) is 0. The molecule has 0 heterocycles. The predicted octanol–water partition coefficient (Wildman–Crippen LogP) is 5.43. The molecule has 0 aliphatic heterocycles. The lowest BCUT2D eigenvalue weighted by atomic mass is 9.93. The summed E-state index contributed by atoms with van der Waals surface area (Å²) in [5.74, 6) is 0. The second-order valence-electron chi connectivity index (χ2n) is 6.68. The molecule has 4 rings (SSSR count). The highest BCUT2D eigenvalue weighted by Crippen LogP contribution is 2.34. The fraction of sp³-hybridized carbons (Fsp3) is 0. The third-order valence-corrected chi connectivity index (χ3v) is 4.59. The Bertz CT molecular complexity index is 962. The Balaban J connectivity index is 1.94. The van der Waals surface area contributed by atoms with Crippen molar-refractivity contribution >= 4 is 17.1 Å². The van der Waals surface area contributed by atoms with Gasteiger partial charge >= 0.3 is 0 Å². The summed E-state index contributed by atoms with van der Waals surface area (Å²) in [7, 11) is 0. The van der Waals surface area contributed by atoms with Crippen LogP contribution >= 0.6 is 0 Å². The van der Waals surface area contributed by atoms with Crippen LogP contribution in [0.25, 0.3) is 33.4 Å². The molecule has 4 aromatic rings. The third-order valence-electron chi connectivity index (χ3n) is 4.59. The molecule has 6 N–H and O–H groups in total. The number of nitrogens with two attached hydrogens (primary N) is 3. The fourth-order valence-corrected chi connectivity index (χ4v) is 3.28. The molecule has 0 aliphatic rings. The SMILES string of the molecule is Nc1cccc(-c2cc(-c3cccc(N)c3)cc(-c3cccc(N)c3)c2)c1. The van der Waals surface area contributed by atoms with Crippen molar-refractivity contribution in [2.24, 2.45) is 0 Å².